The Balaban J connectivity index is 0.00000162. The van der Waals surface area contributed by atoms with E-state index in [9.17, 15) is 0 Å². The van der Waals surface area contributed by atoms with Crippen molar-refractivity contribution in [3.05, 3.63) is 35.9 Å². The van der Waals surface area contributed by atoms with Gasteiger partial charge in [-0.3, -0.25) is 0 Å². The Morgan fingerprint density at radius 3 is 2.58 bits per heavy atom. The van der Waals surface area contributed by atoms with Crippen LogP contribution in [-0.4, -0.2) is 19.1 Å². The molecule has 1 saturated heterocycles. The maximum atomic E-state index is 6.27. The highest BCUT2D eigenvalue weighted by atomic mass is 35.5. The van der Waals surface area contributed by atoms with Crippen molar-refractivity contribution < 1.29 is 0 Å². The Bertz CT molecular complexity index is 313. The van der Waals surface area contributed by atoms with Gasteiger partial charge in [0.05, 0.1) is 0 Å². The van der Waals surface area contributed by atoms with Crippen molar-refractivity contribution in [1.29, 1.82) is 0 Å². The normalized spacial score (nSPS) is 19.9. The van der Waals surface area contributed by atoms with Gasteiger partial charge in [0.1, 0.15) is 0 Å². The van der Waals surface area contributed by atoms with E-state index in [0.29, 0.717) is 12.0 Å². The van der Waals surface area contributed by atoms with Gasteiger partial charge in [0.2, 0.25) is 0 Å². The molecular formula is C15H26Cl2N2. The maximum absolute atomic E-state index is 6.27. The van der Waals surface area contributed by atoms with Crippen LogP contribution in [0.5, 0.6) is 0 Å². The van der Waals surface area contributed by atoms with E-state index < -0.39 is 0 Å². The summed E-state index contributed by atoms with van der Waals surface area (Å²) in [5.41, 5.74) is 7.70. The van der Waals surface area contributed by atoms with Crippen molar-refractivity contribution in [3.63, 3.8) is 0 Å². The van der Waals surface area contributed by atoms with Gasteiger partial charge in [0.25, 0.3) is 0 Å². The predicted molar refractivity (Wildman–Crippen MR) is 87.4 cm³/mol. The molecule has 110 valence electrons. The average molecular weight is 305 g/mol. The highest BCUT2D eigenvalue weighted by Gasteiger charge is 2.19. The molecule has 0 aromatic heterocycles. The zero-order chi connectivity index (χ0) is 11.9. The molecule has 1 fully saturated rings. The summed E-state index contributed by atoms with van der Waals surface area (Å²) in [6, 6.07) is 11.1. The number of piperidine rings is 1. The lowest BCUT2D eigenvalue weighted by Crippen LogP contribution is -2.41. The van der Waals surface area contributed by atoms with Gasteiger partial charge in [0.15, 0.2) is 0 Å². The summed E-state index contributed by atoms with van der Waals surface area (Å²) in [4.78, 5) is 0. The van der Waals surface area contributed by atoms with Crippen LogP contribution in [-0.2, 0) is 6.42 Å². The third-order valence-electron chi connectivity index (χ3n) is 3.79. The van der Waals surface area contributed by atoms with Crippen LogP contribution in [0.3, 0.4) is 0 Å². The molecule has 0 aliphatic carbocycles. The van der Waals surface area contributed by atoms with Crippen LogP contribution in [0.4, 0.5) is 0 Å². The van der Waals surface area contributed by atoms with Crippen LogP contribution in [0.2, 0.25) is 0 Å². The molecular weight excluding hydrogens is 279 g/mol. The van der Waals surface area contributed by atoms with Gasteiger partial charge in [-0.15, -0.1) is 24.8 Å². The number of benzene rings is 1. The van der Waals surface area contributed by atoms with Crippen LogP contribution in [0.25, 0.3) is 0 Å². The molecule has 0 spiro atoms. The highest BCUT2D eigenvalue weighted by molar-refractivity contribution is 5.85. The van der Waals surface area contributed by atoms with E-state index in [1.807, 2.05) is 0 Å². The van der Waals surface area contributed by atoms with Gasteiger partial charge in [-0.1, -0.05) is 30.3 Å². The molecule has 2 rings (SSSR count). The largest absolute Gasteiger partial charge is 0.327 e. The third-order valence-corrected chi connectivity index (χ3v) is 3.79. The standard InChI is InChI=1S/C15H24N2.2ClH/c16-15(14-9-5-11-17-12-14)10-4-8-13-6-2-1-3-7-13;;/h1-3,6-7,14-15,17H,4-5,8-12,16H2;2*1H. The van der Waals surface area contributed by atoms with E-state index in [2.05, 4.69) is 35.6 Å². The smallest absolute Gasteiger partial charge is 0.00794 e. The van der Waals surface area contributed by atoms with Gasteiger partial charge < -0.3 is 11.1 Å². The van der Waals surface area contributed by atoms with Crippen LogP contribution in [0.15, 0.2) is 30.3 Å². The number of rotatable bonds is 5. The van der Waals surface area contributed by atoms with E-state index in [1.165, 1.54) is 31.4 Å². The lowest BCUT2D eigenvalue weighted by Gasteiger charge is -2.28. The maximum Gasteiger partial charge on any atom is 0.00794 e. The van der Waals surface area contributed by atoms with Gasteiger partial charge in [-0.05, 0) is 56.7 Å². The molecule has 3 N–H and O–H groups in total. The molecule has 0 radical (unpaired) electrons. The second kappa shape index (κ2) is 10.5. The summed E-state index contributed by atoms with van der Waals surface area (Å²) < 4.78 is 0. The van der Waals surface area contributed by atoms with Crippen molar-refractivity contribution in [3.8, 4) is 0 Å². The van der Waals surface area contributed by atoms with Crippen molar-refractivity contribution in [1.82, 2.24) is 5.32 Å². The fourth-order valence-corrected chi connectivity index (χ4v) is 2.67. The van der Waals surface area contributed by atoms with Gasteiger partial charge in [-0.25, -0.2) is 0 Å². The second-order valence-electron chi connectivity index (χ2n) is 5.15. The molecule has 1 heterocycles. The zero-order valence-corrected chi connectivity index (χ0v) is 13.0. The number of nitrogens with one attached hydrogen (secondary N) is 1. The molecule has 0 saturated carbocycles. The Labute approximate surface area is 129 Å². The van der Waals surface area contributed by atoms with E-state index in [4.69, 9.17) is 5.73 Å². The quantitative estimate of drug-likeness (QED) is 0.877. The molecule has 0 bridgehead atoms. The first kappa shape index (κ1) is 18.7. The lowest BCUT2D eigenvalue weighted by atomic mass is 9.89. The number of aryl methyl sites for hydroxylation is 1. The van der Waals surface area contributed by atoms with Gasteiger partial charge in [-0.2, -0.15) is 0 Å². The molecule has 1 aromatic carbocycles. The van der Waals surface area contributed by atoms with Crippen molar-refractivity contribution in [2.75, 3.05) is 13.1 Å². The van der Waals surface area contributed by atoms with Crippen LogP contribution in [0, 0.1) is 5.92 Å². The zero-order valence-electron chi connectivity index (χ0n) is 11.4. The molecule has 0 amide bonds. The monoisotopic (exact) mass is 304 g/mol. The van der Waals surface area contributed by atoms with Crippen LogP contribution >= 0.6 is 24.8 Å². The molecule has 1 aliphatic rings. The molecule has 2 atom stereocenters. The molecule has 2 unspecified atom stereocenters. The summed E-state index contributed by atoms with van der Waals surface area (Å²) in [6.45, 7) is 2.29. The fourth-order valence-electron chi connectivity index (χ4n) is 2.67. The summed E-state index contributed by atoms with van der Waals surface area (Å²) in [5, 5.41) is 3.44. The molecule has 1 aromatic rings. The van der Waals surface area contributed by atoms with Gasteiger partial charge >= 0.3 is 0 Å². The number of halogens is 2. The molecule has 4 heteroatoms. The van der Waals surface area contributed by atoms with E-state index in [1.54, 1.807) is 0 Å². The Morgan fingerprint density at radius 2 is 1.95 bits per heavy atom. The molecule has 2 nitrogen and oxygen atoms in total. The summed E-state index contributed by atoms with van der Waals surface area (Å²) in [6.07, 6.45) is 6.12. The first-order valence-electron chi connectivity index (χ1n) is 6.86. The minimum absolute atomic E-state index is 0. The van der Waals surface area contributed by atoms with E-state index >= 15 is 0 Å². The summed E-state index contributed by atoms with van der Waals surface area (Å²) in [5.74, 6) is 0.694. The minimum atomic E-state index is 0. The van der Waals surface area contributed by atoms with Crippen molar-refractivity contribution in [2.45, 2.75) is 38.1 Å². The number of hydrogen-bond acceptors (Lipinski definition) is 2. The fraction of sp³-hybridized carbons (Fsp3) is 0.600. The summed E-state index contributed by atoms with van der Waals surface area (Å²) in [7, 11) is 0. The first-order valence-corrected chi connectivity index (χ1v) is 6.86. The number of nitrogens with two attached hydrogens (primary N) is 1. The van der Waals surface area contributed by atoms with Gasteiger partial charge in [0, 0.05) is 6.04 Å². The Hall–Kier alpha value is -0.280. The van der Waals surface area contributed by atoms with E-state index in [0.717, 1.165) is 19.4 Å². The molecule has 19 heavy (non-hydrogen) atoms. The first-order chi connectivity index (χ1) is 8.36. The topological polar surface area (TPSA) is 38.0 Å². The Kier molecular flexibility index (Phi) is 10.3. The second-order valence-corrected chi connectivity index (χ2v) is 5.15. The Morgan fingerprint density at radius 1 is 1.21 bits per heavy atom. The van der Waals surface area contributed by atoms with Crippen LogP contribution < -0.4 is 11.1 Å². The average Bonchev–Trinajstić information content (AvgIpc) is 2.41. The van der Waals surface area contributed by atoms with Crippen molar-refractivity contribution >= 4 is 24.8 Å². The molecule has 1 aliphatic heterocycles. The van der Waals surface area contributed by atoms with E-state index in [-0.39, 0.29) is 24.8 Å². The third kappa shape index (κ3) is 6.62. The van der Waals surface area contributed by atoms with Crippen molar-refractivity contribution in [2.24, 2.45) is 11.7 Å². The minimum Gasteiger partial charge on any atom is -0.327 e. The van der Waals surface area contributed by atoms with Crippen LogP contribution in [0.1, 0.15) is 31.2 Å². The SMILES string of the molecule is Cl.Cl.NC(CCCc1ccccc1)C1CCCNC1. The lowest BCUT2D eigenvalue weighted by molar-refractivity contribution is 0.308. The summed E-state index contributed by atoms with van der Waals surface area (Å²) >= 11 is 0. The highest BCUT2D eigenvalue weighted by Crippen LogP contribution is 2.17. The number of hydrogen-bond donors (Lipinski definition) is 2. The predicted octanol–water partition coefficient (Wildman–Crippen LogP) is 3.18.